The van der Waals surface area contributed by atoms with Gasteiger partial charge in [-0.25, -0.2) is 0 Å². The minimum Gasteiger partial charge on any atom is -0.0656 e. The molecular formula is C40H55B. The number of benzene rings is 4. The van der Waals surface area contributed by atoms with Gasteiger partial charge in [-0.15, -0.1) is 0 Å². The zero-order valence-electron chi connectivity index (χ0n) is 28.1. The van der Waals surface area contributed by atoms with Gasteiger partial charge in [0.05, 0.1) is 0 Å². The van der Waals surface area contributed by atoms with Crippen LogP contribution in [0.3, 0.4) is 0 Å². The molecule has 1 aliphatic rings. The van der Waals surface area contributed by atoms with E-state index in [1.54, 1.807) is 0 Å². The van der Waals surface area contributed by atoms with E-state index in [-0.39, 0.29) is 5.41 Å². The minimum absolute atomic E-state index is 0.00774. The summed E-state index contributed by atoms with van der Waals surface area (Å²) in [6, 6.07) is 35.3. The second-order valence-electron chi connectivity index (χ2n) is 10.2. The summed E-state index contributed by atoms with van der Waals surface area (Å²) >= 11 is 0. The van der Waals surface area contributed by atoms with Crippen molar-refractivity contribution < 1.29 is 0 Å². The maximum atomic E-state index is 2.37. The van der Waals surface area contributed by atoms with Crippen LogP contribution in [0.25, 0.3) is 11.1 Å². The predicted molar refractivity (Wildman–Crippen MR) is 190 cm³/mol. The molecule has 0 bridgehead atoms. The van der Waals surface area contributed by atoms with E-state index in [4.69, 9.17) is 0 Å². The quantitative estimate of drug-likeness (QED) is 0.223. The topological polar surface area (TPSA) is 0 Å². The number of hydrogen-bond acceptors (Lipinski definition) is 0. The zero-order chi connectivity index (χ0) is 31.0. The van der Waals surface area contributed by atoms with Crippen molar-refractivity contribution in [2.75, 3.05) is 0 Å². The van der Waals surface area contributed by atoms with Crippen molar-refractivity contribution in [1.82, 2.24) is 0 Å². The number of hydrogen-bond donors (Lipinski definition) is 0. The van der Waals surface area contributed by atoms with E-state index in [0.717, 1.165) is 0 Å². The molecule has 1 unspecified atom stereocenters. The first-order chi connectivity index (χ1) is 19.9. The van der Waals surface area contributed by atoms with Gasteiger partial charge in [0.1, 0.15) is 0 Å². The summed E-state index contributed by atoms with van der Waals surface area (Å²) in [5, 5.41) is 0. The molecule has 0 saturated carbocycles. The van der Waals surface area contributed by atoms with Gasteiger partial charge in [0.25, 0.3) is 0 Å². The molecule has 0 saturated heterocycles. The third-order valence-electron chi connectivity index (χ3n) is 7.16. The average molecular weight is 547 g/mol. The van der Waals surface area contributed by atoms with Crippen molar-refractivity contribution in [1.29, 1.82) is 0 Å². The Kier molecular flexibility index (Phi) is 16.0. The van der Waals surface area contributed by atoms with Gasteiger partial charge in [0.15, 0.2) is 0 Å². The first-order valence-corrected chi connectivity index (χ1v) is 16.0. The summed E-state index contributed by atoms with van der Waals surface area (Å²) in [4.78, 5) is 0. The fourth-order valence-electron chi connectivity index (χ4n) is 5.36. The maximum Gasteiger partial charge on any atom is -0.0590 e. The summed E-state index contributed by atoms with van der Waals surface area (Å²) in [5.41, 5.74) is 12.3. The van der Waals surface area contributed by atoms with Gasteiger partial charge in [0, 0.05) is 0 Å². The summed E-state index contributed by atoms with van der Waals surface area (Å²) in [6.07, 6.45) is 1.25. The molecule has 0 nitrogen and oxygen atoms in total. The SMILES string of the molecule is CC.CC.CC.CC(=Bc1ccc2c(c1C(C)c1ccccc1)-c1ccccc1C2(C)C)c1ccccc1.CCC. The van der Waals surface area contributed by atoms with E-state index in [1.807, 2.05) is 41.5 Å². The van der Waals surface area contributed by atoms with Crippen LogP contribution < -0.4 is 5.46 Å². The molecule has 0 fully saturated rings. The standard InChI is InChI=1S/C31H29B.C3H8.3C2H6/c1-21(23-13-7-5-8-14-23)29-28(32-22(2)24-15-9-6-10-16-24)20-19-27-30(29)25-17-11-12-18-26(25)31(27,3)4;1-3-2;3*1-2/h5-21H,1-4H3;3H2,1-2H3;3*1-2H3. The normalized spacial score (nSPS) is 12.5. The molecule has 5 rings (SSSR count). The molecule has 0 spiro atoms. The molecule has 1 atom stereocenters. The molecule has 0 aromatic heterocycles. The van der Waals surface area contributed by atoms with Gasteiger partial charge in [-0.05, 0) is 0 Å². The van der Waals surface area contributed by atoms with Crippen LogP contribution in [-0.2, 0) is 5.41 Å². The monoisotopic (exact) mass is 546 g/mol. The summed E-state index contributed by atoms with van der Waals surface area (Å²) in [5.74, 6) is 0.294. The van der Waals surface area contributed by atoms with Crippen molar-refractivity contribution in [2.24, 2.45) is 0 Å². The van der Waals surface area contributed by atoms with E-state index in [9.17, 15) is 0 Å². The van der Waals surface area contributed by atoms with Crippen LogP contribution in [0.5, 0.6) is 0 Å². The Labute approximate surface area is 254 Å². The Hall–Kier alpha value is -3.19. The molecule has 0 radical (unpaired) electrons. The van der Waals surface area contributed by atoms with Gasteiger partial charge in [-0.1, -0.05) is 61.8 Å². The van der Waals surface area contributed by atoms with Crippen LogP contribution in [0.15, 0.2) is 97.1 Å². The fourth-order valence-corrected chi connectivity index (χ4v) is 5.36. The van der Waals surface area contributed by atoms with Crippen molar-refractivity contribution in [3.8, 4) is 11.1 Å². The summed E-state index contributed by atoms with van der Waals surface area (Å²) in [7, 11) is 0. The minimum atomic E-state index is 0.00774. The van der Waals surface area contributed by atoms with Crippen molar-refractivity contribution >= 4 is 17.8 Å². The zero-order valence-corrected chi connectivity index (χ0v) is 28.1. The largest absolute Gasteiger partial charge is 0.0656 e. The Morgan fingerprint density at radius 3 is 1.71 bits per heavy atom. The molecular weight excluding hydrogens is 491 g/mol. The maximum absolute atomic E-state index is 2.37. The Bertz CT molecular complexity index is 1310. The molecule has 0 aliphatic heterocycles. The van der Waals surface area contributed by atoms with Gasteiger partial charge in [-0.3, -0.25) is 0 Å². The third-order valence-corrected chi connectivity index (χ3v) is 7.16. The van der Waals surface area contributed by atoms with Crippen LogP contribution >= 0.6 is 0 Å². The first-order valence-electron chi connectivity index (χ1n) is 16.0. The van der Waals surface area contributed by atoms with E-state index < -0.39 is 0 Å². The second-order valence-corrected chi connectivity index (χ2v) is 10.2. The smallest absolute Gasteiger partial charge is 0.0590 e. The molecule has 218 valence electrons. The van der Waals surface area contributed by atoms with Crippen LogP contribution in [0, 0.1) is 0 Å². The molecule has 41 heavy (non-hydrogen) atoms. The molecule has 0 N–H and O–H groups in total. The Morgan fingerprint density at radius 1 is 0.659 bits per heavy atom. The number of rotatable bonds is 4. The predicted octanol–water partition coefficient (Wildman–Crippen LogP) is 11.2. The van der Waals surface area contributed by atoms with Gasteiger partial charge in [0.2, 0.25) is 0 Å². The Morgan fingerprint density at radius 2 is 1.15 bits per heavy atom. The fraction of sp³-hybridized carbons (Fsp3) is 0.375. The van der Waals surface area contributed by atoms with Crippen molar-refractivity contribution in [3.05, 3.63) is 125 Å². The molecule has 0 amide bonds. The van der Waals surface area contributed by atoms with Gasteiger partial charge in [-0.2, -0.15) is 0 Å². The van der Waals surface area contributed by atoms with E-state index in [2.05, 4.69) is 146 Å². The van der Waals surface area contributed by atoms with Gasteiger partial charge >= 0.3 is 193 Å². The van der Waals surface area contributed by atoms with E-state index >= 15 is 0 Å². The summed E-state index contributed by atoms with van der Waals surface area (Å²) < 4.78 is 0. The van der Waals surface area contributed by atoms with Crippen LogP contribution in [-0.4, -0.2) is 12.4 Å². The molecule has 1 heteroatoms. The number of fused-ring (bicyclic) bond motifs is 3. The van der Waals surface area contributed by atoms with E-state index in [0.29, 0.717) is 5.92 Å². The Balaban J connectivity index is 0.000000847. The second kappa shape index (κ2) is 18.3. The molecule has 4 aromatic rings. The molecule has 1 aliphatic carbocycles. The molecule has 0 heterocycles. The third kappa shape index (κ3) is 8.42. The first kappa shape index (κ1) is 35.8. The van der Waals surface area contributed by atoms with Crippen LogP contribution in [0.1, 0.15) is 123 Å². The average Bonchev–Trinajstić information content (AvgIpc) is 3.27. The van der Waals surface area contributed by atoms with E-state index in [1.165, 1.54) is 56.3 Å². The van der Waals surface area contributed by atoms with Crippen LogP contribution in [0.4, 0.5) is 0 Å². The summed E-state index contributed by atoms with van der Waals surface area (Å²) in [6.45, 7) is 27.9. The molecule has 4 aromatic carbocycles. The van der Waals surface area contributed by atoms with Crippen molar-refractivity contribution in [3.63, 3.8) is 0 Å². The van der Waals surface area contributed by atoms with Gasteiger partial charge < -0.3 is 0 Å². The van der Waals surface area contributed by atoms with Crippen molar-refractivity contribution in [2.45, 2.75) is 101 Å². The van der Waals surface area contributed by atoms with Crippen LogP contribution in [0.2, 0.25) is 0 Å².